The Morgan fingerprint density at radius 1 is 0.581 bits per heavy atom. The molecule has 0 saturated heterocycles. The maximum atomic E-state index is 13.3. The quantitative estimate of drug-likeness (QED) is 0.0344. The molecule has 0 radical (unpaired) electrons. The number of aliphatic hydroxyl groups excluding tert-OH is 1. The predicted molar refractivity (Wildman–Crippen MR) is 226 cm³/mol. The van der Waals surface area contributed by atoms with E-state index in [4.69, 9.17) is 54.1 Å². The van der Waals surface area contributed by atoms with Gasteiger partial charge < -0.3 is 85.8 Å². The molecule has 22 heteroatoms. The van der Waals surface area contributed by atoms with Crippen molar-refractivity contribution in [1.29, 1.82) is 0 Å². The van der Waals surface area contributed by atoms with E-state index in [-0.39, 0.29) is 38.6 Å². The molecule has 0 aliphatic carbocycles. The fourth-order valence-corrected chi connectivity index (χ4v) is 5.00. The monoisotopic (exact) mass is 890 g/mol. The van der Waals surface area contributed by atoms with Crippen molar-refractivity contribution in [3.8, 4) is 0 Å². The topological polar surface area (TPSA) is 301 Å². The number of hydrogen-bond acceptors (Lipinski definition) is 16. The van der Waals surface area contributed by atoms with Crippen molar-refractivity contribution in [3.63, 3.8) is 0 Å². The molecule has 1 aromatic rings. The standard InChI is InChI=1S/C40H71N7O15/c1-31(2)37(39(52)46-34(4-3-10-44-40(42)53)38(51)45-33-7-5-32(28-48)6-8-33)47-36(50)30-62-29-35(49)43-11-13-55-15-17-57-19-21-59-23-25-61-27-26-60-24-22-58-20-18-56-16-14-54-12-9-41/h5-8,31,34,37,48H,3-4,9-30,41H2,1-2H3,(H,43,49)(H,45,51)(H,46,52)(H,47,50)(H3,42,44,53)/t34-,37?/m0/s1. The van der Waals surface area contributed by atoms with Crippen molar-refractivity contribution >= 4 is 35.3 Å². The second-order valence-corrected chi connectivity index (χ2v) is 13.7. The van der Waals surface area contributed by atoms with E-state index < -0.39 is 55.0 Å². The van der Waals surface area contributed by atoms with Crippen LogP contribution in [0.5, 0.6) is 0 Å². The highest BCUT2D eigenvalue weighted by Crippen LogP contribution is 2.12. The summed E-state index contributed by atoms with van der Waals surface area (Å²) < 4.78 is 48.5. The molecule has 0 heterocycles. The Balaban J connectivity index is 2.12. The molecule has 0 aromatic heterocycles. The second kappa shape index (κ2) is 38.6. The van der Waals surface area contributed by atoms with E-state index in [9.17, 15) is 29.1 Å². The van der Waals surface area contributed by atoms with Crippen LogP contribution in [0.3, 0.4) is 0 Å². The highest BCUT2D eigenvalue weighted by Gasteiger charge is 2.29. The van der Waals surface area contributed by atoms with Crippen molar-refractivity contribution in [2.45, 2.75) is 45.4 Å². The molecule has 0 spiro atoms. The Kier molecular flexibility index (Phi) is 34.8. The molecule has 356 valence electrons. The zero-order chi connectivity index (χ0) is 45.5. The molecule has 0 saturated carbocycles. The van der Waals surface area contributed by atoms with Crippen molar-refractivity contribution in [1.82, 2.24) is 21.3 Å². The normalized spacial score (nSPS) is 12.1. The average Bonchev–Trinajstić information content (AvgIpc) is 3.25. The number of rotatable bonds is 41. The Labute approximate surface area is 364 Å². The summed E-state index contributed by atoms with van der Waals surface area (Å²) in [5, 5.41) is 22.3. The van der Waals surface area contributed by atoms with Crippen LogP contribution in [-0.4, -0.2) is 185 Å². The van der Waals surface area contributed by atoms with E-state index in [0.717, 1.165) is 0 Å². The third kappa shape index (κ3) is 31.7. The number of amides is 6. The van der Waals surface area contributed by atoms with Gasteiger partial charge in [0, 0.05) is 25.3 Å². The molecular weight excluding hydrogens is 818 g/mol. The molecule has 0 aliphatic rings. The molecule has 1 aromatic carbocycles. The van der Waals surface area contributed by atoms with Crippen LogP contribution in [-0.2, 0) is 68.4 Å². The molecule has 10 N–H and O–H groups in total. The lowest BCUT2D eigenvalue weighted by molar-refractivity contribution is -0.135. The molecule has 0 aliphatic heterocycles. The number of urea groups is 1. The molecule has 6 amide bonds. The Hall–Kier alpha value is -4.07. The van der Waals surface area contributed by atoms with Gasteiger partial charge in [0.05, 0.1) is 112 Å². The smallest absolute Gasteiger partial charge is 0.312 e. The number of nitrogens with two attached hydrogens (primary N) is 2. The van der Waals surface area contributed by atoms with Gasteiger partial charge in [-0.15, -0.1) is 0 Å². The first kappa shape index (κ1) is 55.9. The molecule has 0 bridgehead atoms. The number of primary amides is 1. The van der Waals surface area contributed by atoms with E-state index in [1.54, 1.807) is 38.1 Å². The first-order chi connectivity index (χ1) is 30.1. The van der Waals surface area contributed by atoms with Crippen LogP contribution in [0.1, 0.15) is 32.3 Å². The van der Waals surface area contributed by atoms with Crippen molar-refractivity contribution in [2.75, 3.05) is 144 Å². The van der Waals surface area contributed by atoms with Crippen molar-refractivity contribution in [2.24, 2.45) is 17.4 Å². The maximum absolute atomic E-state index is 13.3. The molecule has 0 fully saturated rings. The number of carbonyl (C=O) groups is 5. The number of anilines is 1. The van der Waals surface area contributed by atoms with E-state index in [1.807, 2.05) is 0 Å². The van der Waals surface area contributed by atoms with Crippen molar-refractivity contribution < 1.29 is 71.7 Å². The number of carbonyl (C=O) groups excluding carboxylic acids is 5. The van der Waals surface area contributed by atoms with Gasteiger partial charge in [-0.1, -0.05) is 26.0 Å². The highest BCUT2D eigenvalue weighted by molar-refractivity contribution is 5.98. The van der Waals surface area contributed by atoms with Crippen LogP contribution in [0, 0.1) is 5.92 Å². The minimum atomic E-state index is -1.03. The molecule has 62 heavy (non-hydrogen) atoms. The number of hydrogen-bond donors (Lipinski definition) is 8. The van der Waals surface area contributed by atoms with Gasteiger partial charge in [-0.2, -0.15) is 0 Å². The van der Waals surface area contributed by atoms with Gasteiger partial charge in [-0.25, -0.2) is 4.79 Å². The fourth-order valence-electron chi connectivity index (χ4n) is 5.00. The highest BCUT2D eigenvalue weighted by atomic mass is 16.6. The minimum absolute atomic E-state index is 0.151. The van der Waals surface area contributed by atoms with Gasteiger partial charge in [-0.3, -0.25) is 19.2 Å². The summed E-state index contributed by atoms with van der Waals surface area (Å²) in [5.74, 6) is -2.60. The number of ether oxygens (including phenoxy) is 9. The largest absolute Gasteiger partial charge is 0.392 e. The maximum Gasteiger partial charge on any atom is 0.312 e. The van der Waals surface area contributed by atoms with Gasteiger partial charge >= 0.3 is 6.03 Å². The van der Waals surface area contributed by atoms with E-state index in [0.29, 0.717) is 123 Å². The van der Waals surface area contributed by atoms with Crippen LogP contribution in [0.4, 0.5) is 10.5 Å². The minimum Gasteiger partial charge on any atom is -0.392 e. The first-order valence-electron chi connectivity index (χ1n) is 20.9. The van der Waals surface area contributed by atoms with Crippen LogP contribution in [0.15, 0.2) is 24.3 Å². The Morgan fingerprint density at radius 3 is 1.50 bits per heavy atom. The third-order valence-corrected chi connectivity index (χ3v) is 8.17. The summed E-state index contributed by atoms with van der Waals surface area (Å²) in [6, 6.07) is 3.75. The van der Waals surface area contributed by atoms with Gasteiger partial charge in [0.2, 0.25) is 23.6 Å². The van der Waals surface area contributed by atoms with Crippen LogP contribution >= 0.6 is 0 Å². The summed E-state index contributed by atoms with van der Waals surface area (Å²) in [6.45, 7) is 10.3. The van der Waals surface area contributed by atoms with Crippen LogP contribution in [0.25, 0.3) is 0 Å². The zero-order valence-electron chi connectivity index (χ0n) is 36.3. The lowest BCUT2D eigenvalue weighted by atomic mass is 10.0. The van der Waals surface area contributed by atoms with Gasteiger partial charge in [0.1, 0.15) is 25.3 Å². The summed E-state index contributed by atoms with van der Waals surface area (Å²) >= 11 is 0. The van der Waals surface area contributed by atoms with E-state index in [2.05, 4.69) is 26.6 Å². The fraction of sp³-hybridized carbons (Fsp3) is 0.725. The van der Waals surface area contributed by atoms with Gasteiger partial charge in [-0.05, 0) is 36.5 Å². The predicted octanol–water partition coefficient (Wildman–Crippen LogP) is -1.58. The van der Waals surface area contributed by atoms with Crippen LogP contribution in [0.2, 0.25) is 0 Å². The lowest BCUT2D eigenvalue weighted by Crippen LogP contribution is -2.55. The molecule has 22 nitrogen and oxygen atoms in total. The summed E-state index contributed by atoms with van der Waals surface area (Å²) in [6.07, 6.45) is 0.468. The number of nitrogens with one attached hydrogen (secondary N) is 5. The van der Waals surface area contributed by atoms with Crippen LogP contribution < -0.4 is 38.1 Å². The average molecular weight is 890 g/mol. The Bertz CT molecular complexity index is 1330. The van der Waals surface area contributed by atoms with Gasteiger partial charge in [0.25, 0.3) is 0 Å². The molecule has 2 atom stereocenters. The Morgan fingerprint density at radius 2 is 1.05 bits per heavy atom. The van der Waals surface area contributed by atoms with Gasteiger partial charge in [0.15, 0.2) is 0 Å². The van der Waals surface area contributed by atoms with E-state index >= 15 is 0 Å². The summed E-state index contributed by atoms with van der Waals surface area (Å²) in [5.41, 5.74) is 11.6. The summed E-state index contributed by atoms with van der Waals surface area (Å²) in [7, 11) is 0. The molecular formula is C40H71N7O15. The lowest BCUT2D eigenvalue weighted by Gasteiger charge is -2.25. The number of benzene rings is 1. The SMILES string of the molecule is CC(C)C(NC(=O)COCC(=O)NCCOCCOCCOCCOCCOCCOCCOCCOCCN)C(=O)N[C@@H](CCCNC(N)=O)C(=O)Nc1ccc(CO)cc1. The first-order valence-corrected chi connectivity index (χ1v) is 20.9. The second-order valence-electron chi connectivity index (χ2n) is 13.7. The summed E-state index contributed by atoms with van der Waals surface area (Å²) in [4.78, 5) is 62.4. The molecule has 1 rings (SSSR count). The van der Waals surface area contributed by atoms with Crippen molar-refractivity contribution in [3.05, 3.63) is 29.8 Å². The number of aliphatic hydroxyl groups is 1. The third-order valence-electron chi connectivity index (χ3n) is 8.17. The molecule has 1 unspecified atom stereocenters. The zero-order valence-corrected chi connectivity index (χ0v) is 36.3. The van der Waals surface area contributed by atoms with E-state index in [1.165, 1.54) is 0 Å².